The van der Waals surface area contributed by atoms with Crippen LogP contribution in [0.4, 0.5) is 8.78 Å². The summed E-state index contributed by atoms with van der Waals surface area (Å²) >= 11 is 0. The van der Waals surface area contributed by atoms with Gasteiger partial charge in [0.05, 0.1) is 5.69 Å². The standard InChI is InChI=1S/C25H27F2N/c1-14(2)7-6-8-16-9-10-19(26)22-20(16)24-21-17(11-12-28-24)23(27)15(3)13-18(21)25(22,4)5/h6-7,10-14,16H,8-9H2,1-5H3. The first-order valence-corrected chi connectivity index (χ1v) is 10.1. The average Bonchev–Trinajstić information content (AvgIpc) is 2.63. The fourth-order valence-corrected chi connectivity index (χ4v) is 4.79. The van der Waals surface area contributed by atoms with E-state index in [1.54, 1.807) is 25.3 Å². The van der Waals surface area contributed by atoms with Crippen LogP contribution in [0.5, 0.6) is 0 Å². The Kier molecular flexibility index (Phi) is 4.52. The lowest BCUT2D eigenvalue weighted by Gasteiger charge is -2.40. The molecule has 0 radical (unpaired) electrons. The number of rotatable bonds is 3. The normalized spacial score (nSPS) is 20.9. The molecule has 0 N–H and O–H groups in total. The number of halogens is 2. The van der Waals surface area contributed by atoms with Crippen LogP contribution in [-0.2, 0) is 5.41 Å². The van der Waals surface area contributed by atoms with Crippen LogP contribution in [0.25, 0.3) is 16.3 Å². The van der Waals surface area contributed by atoms with Crippen LogP contribution in [0.1, 0.15) is 57.4 Å². The van der Waals surface area contributed by atoms with Crippen LogP contribution in [-0.4, -0.2) is 4.98 Å². The number of fused-ring (bicyclic) bond motifs is 1. The summed E-state index contributed by atoms with van der Waals surface area (Å²) in [6.07, 6.45) is 9.23. The van der Waals surface area contributed by atoms with Crippen LogP contribution >= 0.6 is 0 Å². The van der Waals surface area contributed by atoms with Gasteiger partial charge in [0.1, 0.15) is 11.6 Å². The average molecular weight is 379 g/mol. The molecule has 0 saturated carbocycles. The molecule has 1 nitrogen and oxygen atoms in total. The molecule has 1 aromatic carbocycles. The van der Waals surface area contributed by atoms with Gasteiger partial charge >= 0.3 is 0 Å². The summed E-state index contributed by atoms with van der Waals surface area (Å²) in [5.74, 6) is 0.270. The molecule has 0 saturated heterocycles. The van der Waals surface area contributed by atoms with E-state index in [0.29, 0.717) is 23.3 Å². The van der Waals surface area contributed by atoms with Gasteiger partial charge in [0.2, 0.25) is 0 Å². The molecular weight excluding hydrogens is 352 g/mol. The lowest BCUT2D eigenvalue weighted by atomic mass is 9.64. The summed E-state index contributed by atoms with van der Waals surface area (Å²) < 4.78 is 30.1. The summed E-state index contributed by atoms with van der Waals surface area (Å²) in [6, 6.07) is 3.62. The highest BCUT2D eigenvalue weighted by molar-refractivity contribution is 6.01. The summed E-state index contributed by atoms with van der Waals surface area (Å²) in [6.45, 7) is 10.2. The highest BCUT2D eigenvalue weighted by Gasteiger charge is 2.42. The Morgan fingerprint density at radius 2 is 2.04 bits per heavy atom. The zero-order chi connectivity index (χ0) is 20.2. The molecule has 0 spiro atoms. The second kappa shape index (κ2) is 6.65. The zero-order valence-electron chi connectivity index (χ0n) is 17.2. The Labute approximate surface area is 165 Å². The van der Waals surface area contributed by atoms with Crippen molar-refractivity contribution in [1.29, 1.82) is 0 Å². The topological polar surface area (TPSA) is 12.9 Å². The highest BCUT2D eigenvalue weighted by atomic mass is 19.1. The van der Waals surface area contributed by atoms with Crippen molar-refractivity contribution in [2.24, 2.45) is 11.8 Å². The van der Waals surface area contributed by atoms with E-state index in [9.17, 15) is 4.39 Å². The van der Waals surface area contributed by atoms with Gasteiger partial charge in [-0.05, 0) is 60.4 Å². The first-order chi connectivity index (χ1) is 13.2. The molecule has 0 bridgehead atoms. The summed E-state index contributed by atoms with van der Waals surface area (Å²) in [5, 5.41) is 1.44. The molecule has 0 aliphatic heterocycles. The number of benzene rings is 1. The van der Waals surface area contributed by atoms with Gasteiger partial charge in [0.15, 0.2) is 0 Å². The van der Waals surface area contributed by atoms with Crippen molar-refractivity contribution in [3.8, 4) is 0 Å². The van der Waals surface area contributed by atoms with Crippen LogP contribution in [0.15, 0.2) is 48.0 Å². The van der Waals surface area contributed by atoms with E-state index < -0.39 is 5.41 Å². The number of allylic oxidation sites excluding steroid dienone is 6. The van der Waals surface area contributed by atoms with Gasteiger partial charge in [0, 0.05) is 28.0 Å². The fourth-order valence-electron chi connectivity index (χ4n) is 4.79. The van der Waals surface area contributed by atoms with E-state index in [4.69, 9.17) is 0 Å². The Morgan fingerprint density at radius 1 is 1.29 bits per heavy atom. The second-order valence-corrected chi connectivity index (χ2v) is 8.94. The molecule has 0 fully saturated rings. The molecule has 1 unspecified atom stereocenters. The smallest absolute Gasteiger partial charge is 0.134 e. The van der Waals surface area contributed by atoms with Gasteiger partial charge < -0.3 is 0 Å². The molecule has 2 aliphatic carbocycles. The van der Waals surface area contributed by atoms with Crippen molar-refractivity contribution in [1.82, 2.24) is 4.98 Å². The molecular formula is C25H27F2N. The van der Waals surface area contributed by atoms with Crippen LogP contribution in [0.3, 0.4) is 0 Å². The third-order valence-corrected chi connectivity index (χ3v) is 6.16. The zero-order valence-corrected chi connectivity index (χ0v) is 17.2. The summed E-state index contributed by atoms with van der Waals surface area (Å²) in [7, 11) is 0. The number of hydrogen-bond acceptors (Lipinski definition) is 1. The minimum Gasteiger partial charge on any atom is -0.256 e. The minimum atomic E-state index is -0.539. The largest absolute Gasteiger partial charge is 0.256 e. The lowest BCUT2D eigenvalue weighted by molar-refractivity contribution is 0.522. The van der Waals surface area contributed by atoms with Crippen molar-refractivity contribution < 1.29 is 8.78 Å². The Morgan fingerprint density at radius 3 is 2.75 bits per heavy atom. The van der Waals surface area contributed by atoms with Gasteiger partial charge in [-0.2, -0.15) is 0 Å². The van der Waals surface area contributed by atoms with Crippen LogP contribution in [0, 0.1) is 24.6 Å². The monoisotopic (exact) mass is 379 g/mol. The predicted molar refractivity (Wildman–Crippen MR) is 112 cm³/mol. The quantitative estimate of drug-likeness (QED) is 0.514. The van der Waals surface area contributed by atoms with Gasteiger partial charge in [-0.25, -0.2) is 8.78 Å². The number of aromatic nitrogens is 1. The van der Waals surface area contributed by atoms with E-state index in [0.717, 1.165) is 34.2 Å². The number of pyridine rings is 1. The first-order valence-electron chi connectivity index (χ1n) is 10.1. The maximum atomic E-state index is 15.2. The predicted octanol–water partition coefficient (Wildman–Crippen LogP) is 7.20. The molecule has 0 amide bonds. The summed E-state index contributed by atoms with van der Waals surface area (Å²) in [4.78, 5) is 4.64. The fraction of sp³-hybridized carbons (Fsp3) is 0.400. The number of aryl methyl sites for hydroxylation is 1. The molecule has 28 heavy (non-hydrogen) atoms. The maximum absolute atomic E-state index is 15.2. The van der Waals surface area contributed by atoms with E-state index in [2.05, 4.69) is 31.0 Å². The highest BCUT2D eigenvalue weighted by Crippen LogP contribution is 2.54. The number of nitrogens with zero attached hydrogens (tertiary/aromatic N) is 1. The lowest BCUT2D eigenvalue weighted by Crippen LogP contribution is -2.30. The molecule has 4 rings (SSSR count). The van der Waals surface area contributed by atoms with Gasteiger partial charge in [-0.15, -0.1) is 0 Å². The molecule has 1 heterocycles. The van der Waals surface area contributed by atoms with Crippen LogP contribution < -0.4 is 0 Å². The Bertz CT molecular complexity index is 1050. The van der Waals surface area contributed by atoms with E-state index >= 15 is 4.39 Å². The molecule has 1 atom stereocenters. The summed E-state index contributed by atoms with van der Waals surface area (Å²) in [5.41, 5.74) is 3.45. The molecule has 1 aromatic heterocycles. The second-order valence-electron chi connectivity index (χ2n) is 8.94. The van der Waals surface area contributed by atoms with E-state index in [-0.39, 0.29) is 17.6 Å². The number of hydrogen-bond donors (Lipinski definition) is 0. The molecule has 2 aromatic rings. The Balaban J connectivity index is 2.01. The van der Waals surface area contributed by atoms with Crippen molar-refractivity contribution in [2.75, 3.05) is 0 Å². The van der Waals surface area contributed by atoms with E-state index in [1.807, 2.05) is 19.9 Å². The molecule has 3 heteroatoms. The third kappa shape index (κ3) is 2.75. The van der Waals surface area contributed by atoms with Crippen molar-refractivity contribution >= 4 is 16.3 Å². The van der Waals surface area contributed by atoms with Crippen molar-refractivity contribution in [3.63, 3.8) is 0 Å². The first kappa shape index (κ1) is 19.0. The molecule has 2 aliphatic rings. The van der Waals surface area contributed by atoms with Gasteiger partial charge in [0.25, 0.3) is 0 Å². The minimum absolute atomic E-state index is 0.152. The molecule has 146 valence electrons. The van der Waals surface area contributed by atoms with Crippen molar-refractivity contribution in [2.45, 2.75) is 52.9 Å². The van der Waals surface area contributed by atoms with Gasteiger partial charge in [-0.3, -0.25) is 4.98 Å². The van der Waals surface area contributed by atoms with Gasteiger partial charge in [-0.1, -0.05) is 45.9 Å². The van der Waals surface area contributed by atoms with E-state index in [1.165, 1.54) is 0 Å². The van der Waals surface area contributed by atoms with Crippen LogP contribution in [0.2, 0.25) is 0 Å². The maximum Gasteiger partial charge on any atom is 0.134 e. The van der Waals surface area contributed by atoms with Crippen molar-refractivity contribution in [3.05, 3.63) is 70.6 Å². The third-order valence-electron chi connectivity index (χ3n) is 6.16. The Hall–Kier alpha value is -2.29. The SMILES string of the molecule is Cc1cc2c3c(nccc3c1F)C1=C(C(F)=CCC1CC=CC(C)C)C2(C)C.